The maximum Gasteiger partial charge on any atom is 0.253 e. The molecular formula is C16H24ClN3O2. The number of nitrogens with zero attached hydrogens (tertiary/aromatic N) is 1. The van der Waals surface area contributed by atoms with Gasteiger partial charge in [0.25, 0.3) is 5.91 Å². The van der Waals surface area contributed by atoms with Gasteiger partial charge in [0.15, 0.2) is 0 Å². The highest BCUT2D eigenvalue weighted by Crippen LogP contribution is 2.27. The van der Waals surface area contributed by atoms with Crippen molar-refractivity contribution in [2.24, 2.45) is 5.73 Å². The van der Waals surface area contributed by atoms with Crippen molar-refractivity contribution < 1.29 is 9.59 Å². The maximum atomic E-state index is 12.3. The van der Waals surface area contributed by atoms with Gasteiger partial charge in [-0.1, -0.05) is 19.3 Å². The van der Waals surface area contributed by atoms with Crippen molar-refractivity contribution in [3.63, 3.8) is 0 Å². The quantitative estimate of drug-likeness (QED) is 0.896. The van der Waals surface area contributed by atoms with Gasteiger partial charge in [0.05, 0.1) is 5.54 Å². The second kappa shape index (κ2) is 7.61. The number of carbonyl (C=O) groups is 2. The lowest BCUT2D eigenvalue weighted by Crippen LogP contribution is -2.52. The molecule has 1 aromatic rings. The van der Waals surface area contributed by atoms with E-state index in [-0.39, 0.29) is 24.2 Å². The fraction of sp³-hybridized carbons (Fsp3) is 0.500. The molecule has 0 heterocycles. The molecule has 22 heavy (non-hydrogen) atoms. The van der Waals surface area contributed by atoms with E-state index in [4.69, 9.17) is 5.73 Å². The molecule has 0 aliphatic heterocycles. The Morgan fingerprint density at radius 1 is 1.09 bits per heavy atom. The van der Waals surface area contributed by atoms with Crippen molar-refractivity contribution >= 4 is 29.9 Å². The Labute approximate surface area is 137 Å². The molecule has 0 radical (unpaired) electrons. The molecule has 5 nitrogen and oxygen atoms in total. The normalized spacial score (nSPS) is 16.3. The second-order valence-electron chi connectivity index (χ2n) is 5.95. The highest BCUT2D eigenvalue weighted by Gasteiger charge is 2.35. The van der Waals surface area contributed by atoms with Crippen LogP contribution < -0.4 is 11.1 Å². The third-order valence-corrected chi connectivity index (χ3v) is 3.99. The molecule has 1 fully saturated rings. The summed E-state index contributed by atoms with van der Waals surface area (Å²) in [4.78, 5) is 25.6. The third-order valence-electron chi connectivity index (χ3n) is 3.99. The molecule has 0 saturated heterocycles. The van der Waals surface area contributed by atoms with Crippen LogP contribution in [0.1, 0.15) is 42.5 Å². The fourth-order valence-electron chi connectivity index (χ4n) is 2.62. The number of nitrogens with two attached hydrogens (primary N) is 1. The first-order valence-corrected chi connectivity index (χ1v) is 7.34. The highest BCUT2D eigenvalue weighted by atomic mass is 35.5. The van der Waals surface area contributed by atoms with Gasteiger partial charge in [-0.25, -0.2) is 0 Å². The van der Waals surface area contributed by atoms with Crippen LogP contribution in [-0.4, -0.2) is 36.3 Å². The average molecular weight is 326 g/mol. The number of anilines is 1. The predicted octanol–water partition coefficient (Wildman–Crippen LogP) is 2.41. The van der Waals surface area contributed by atoms with E-state index in [1.165, 1.54) is 4.90 Å². The summed E-state index contributed by atoms with van der Waals surface area (Å²) in [6, 6.07) is 6.89. The van der Waals surface area contributed by atoms with Gasteiger partial charge in [0, 0.05) is 25.3 Å². The number of hydrogen-bond acceptors (Lipinski definition) is 3. The number of rotatable bonds is 3. The topological polar surface area (TPSA) is 75.4 Å². The SMILES string of the molecule is CN(C)C(=O)c1ccc(NC(=O)C2(N)CCCCC2)cc1.Cl. The molecule has 2 rings (SSSR count). The molecule has 0 aromatic heterocycles. The van der Waals surface area contributed by atoms with Crippen LogP contribution in [0.25, 0.3) is 0 Å². The van der Waals surface area contributed by atoms with Gasteiger partial charge in [-0.3, -0.25) is 9.59 Å². The van der Waals surface area contributed by atoms with Gasteiger partial charge < -0.3 is 16.0 Å². The Balaban J connectivity index is 0.00000242. The third kappa shape index (κ3) is 4.21. The molecule has 1 aliphatic carbocycles. The molecular weight excluding hydrogens is 302 g/mol. The highest BCUT2D eigenvalue weighted by molar-refractivity contribution is 5.99. The van der Waals surface area contributed by atoms with Crippen LogP contribution >= 0.6 is 12.4 Å². The zero-order valence-corrected chi connectivity index (χ0v) is 13.9. The first-order valence-electron chi connectivity index (χ1n) is 7.34. The Morgan fingerprint density at radius 3 is 2.14 bits per heavy atom. The van der Waals surface area contributed by atoms with Crippen molar-refractivity contribution in [1.82, 2.24) is 4.90 Å². The zero-order valence-electron chi connectivity index (χ0n) is 13.1. The minimum absolute atomic E-state index is 0. The van der Waals surface area contributed by atoms with E-state index in [9.17, 15) is 9.59 Å². The standard InChI is InChI=1S/C16H23N3O2.ClH/c1-19(2)14(20)12-6-8-13(9-7-12)18-15(21)16(17)10-4-3-5-11-16;/h6-9H,3-5,10-11,17H2,1-2H3,(H,18,21);1H. The van der Waals surface area contributed by atoms with E-state index in [0.29, 0.717) is 11.3 Å². The van der Waals surface area contributed by atoms with Crippen LogP contribution in [0.4, 0.5) is 5.69 Å². The summed E-state index contributed by atoms with van der Waals surface area (Å²) in [7, 11) is 3.42. The molecule has 1 saturated carbocycles. The Morgan fingerprint density at radius 2 is 1.64 bits per heavy atom. The van der Waals surface area contributed by atoms with Crippen LogP contribution in [0, 0.1) is 0 Å². The number of carbonyl (C=O) groups excluding carboxylic acids is 2. The van der Waals surface area contributed by atoms with E-state index < -0.39 is 5.54 Å². The lowest BCUT2D eigenvalue weighted by Gasteiger charge is -2.31. The first-order chi connectivity index (χ1) is 9.92. The van der Waals surface area contributed by atoms with Crippen molar-refractivity contribution in [2.75, 3.05) is 19.4 Å². The molecule has 2 amide bonds. The van der Waals surface area contributed by atoms with Crippen LogP contribution in [0.5, 0.6) is 0 Å². The van der Waals surface area contributed by atoms with E-state index in [1.54, 1.807) is 38.4 Å². The lowest BCUT2D eigenvalue weighted by molar-refractivity contribution is -0.122. The average Bonchev–Trinajstić information content (AvgIpc) is 2.48. The van der Waals surface area contributed by atoms with Crippen molar-refractivity contribution in [2.45, 2.75) is 37.6 Å². The summed E-state index contributed by atoms with van der Waals surface area (Å²) in [5, 5.41) is 2.86. The lowest BCUT2D eigenvalue weighted by atomic mass is 9.82. The molecule has 6 heteroatoms. The van der Waals surface area contributed by atoms with Crippen molar-refractivity contribution in [3.05, 3.63) is 29.8 Å². The number of halogens is 1. The van der Waals surface area contributed by atoms with Crippen LogP contribution in [-0.2, 0) is 4.79 Å². The number of amides is 2. The predicted molar refractivity (Wildman–Crippen MR) is 90.3 cm³/mol. The fourth-order valence-corrected chi connectivity index (χ4v) is 2.62. The van der Waals surface area contributed by atoms with E-state index >= 15 is 0 Å². The van der Waals surface area contributed by atoms with Gasteiger partial charge in [-0.2, -0.15) is 0 Å². The summed E-state index contributed by atoms with van der Waals surface area (Å²) in [6.45, 7) is 0. The summed E-state index contributed by atoms with van der Waals surface area (Å²) >= 11 is 0. The van der Waals surface area contributed by atoms with Gasteiger partial charge in [0.1, 0.15) is 0 Å². The Hall–Kier alpha value is -1.59. The van der Waals surface area contributed by atoms with E-state index in [1.807, 2.05) is 0 Å². The van der Waals surface area contributed by atoms with Crippen LogP contribution in [0.2, 0.25) is 0 Å². The van der Waals surface area contributed by atoms with Gasteiger partial charge in [-0.15, -0.1) is 12.4 Å². The Bertz CT molecular complexity index is 523. The molecule has 122 valence electrons. The smallest absolute Gasteiger partial charge is 0.253 e. The minimum atomic E-state index is -0.754. The van der Waals surface area contributed by atoms with Gasteiger partial charge in [-0.05, 0) is 37.1 Å². The molecule has 1 aliphatic rings. The van der Waals surface area contributed by atoms with E-state index in [0.717, 1.165) is 32.1 Å². The monoisotopic (exact) mass is 325 g/mol. The Kier molecular flexibility index (Phi) is 6.38. The van der Waals surface area contributed by atoms with Gasteiger partial charge in [0.2, 0.25) is 5.91 Å². The molecule has 0 atom stereocenters. The molecule has 3 N–H and O–H groups in total. The van der Waals surface area contributed by atoms with Crippen molar-refractivity contribution in [3.8, 4) is 0 Å². The zero-order chi connectivity index (χ0) is 15.5. The van der Waals surface area contributed by atoms with Crippen molar-refractivity contribution in [1.29, 1.82) is 0 Å². The number of benzene rings is 1. The van der Waals surface area contributed by atoms with E-state index in [2.05, 4.69) is 5.32 Å². The summed E-state index contributed by atoms with van der Waals surface area (Å²) in [5.74, 6) is -0.190. The largest absolute Gasteiger partial charge is 0.345 e. The molecule has 0 bridgehead atoms. The van der Waals surface area contributed by atoms with Gasteiger partial charge >= 0.3 is 0 Å². The molecule has 0 spiro atoms. The maximum absolute atomic E-state index is 12.3. The van der Waals surface area contributed by atoms with Crippen LogP contribution in [0.15, 0.2) is 24.3 Å². The number of hydrogen-bond donors (Lipinski definition) is 2. The van der Waals surface area contributed by atoms with Crippen LogP contribution in [0.3, 0.4) is 0 Å². The second-order valence-corrected chi connectivity index (χ2v) is 5.95. The summed E-state index contributed by atoms with van der Waals surface area (Å²) in [6.07, 6.45) is 4.61. The molecule has 1 aromatic carbocycles. The number of nitrogens with one attached hydrogen (secondary N) is 1. The minimum Gasteiger partial charge on any atom is -0.345 e. The first kappa shape index (κ1) is 18.5. The molecule has 0 unspecified atom stereocenters. The summed E-state index contributed by atoms with van der Waals surface area (Å²) in [5.41, 5.74) is 6.71. The summed E-state index contributed by atoms with van der Waals surface area (Å²) < 4.78 is 0.